The molecule has 3 nitrogen and oxygen atoms in total. The SMILES string of the molecule is Cc1cc(=S)n(-c2ccc(C(F)(F)F)cn2)[nH]1. The van der Waals surface area contributed by atoms with Gasteiger partial charge in [-0.2, -0.15) is 13.2 Å². The molecule has 1 N–H and O–H groups in total. The summed E-state index contributed by atoms with van der Waals surface area (Å²) >= 11 is 5.03. The van der Waals surface area contributed by atoms with Gasteiger partial charge in [0.1, 0.15) is 4.64 Å². The predicted octanol–water partition coefficient (Wildman–Crippen LogP) is 3.26. The van der Waals surface area contributed by atoms with Crippen LogP contribution in [0.3, 0.4) is 0 Å². The summed E-state index contributed by atoms with van der Waals surface area (Å²) in [4.78, 5) is 3.73. The van der Waals surface area contributed by atoms with Crippen LogP contribution in [0.5, 0.6) is 0 Å². The summed E-state index contributed by atoms with van der Waals surface area (Å²) in [6.07, 6.45) is -3.59. The van der Waals surface area contributed by atoms with Gasteiger partial charge in [0, 0.05) is 11.9 Å². The second-order valence-electron chi connectivity index (χ2n) is 3.52. The van der Waals surface area contributed by atoms with Crippen molar-refractivity contribution in [3.05, 3.63) is 40.3 Å². The van der Waals surface area contributed by atoms with E-state index in [9.17, 15) is 13.2 Å². The smallest absolute Gasteiger partial charge is 0.296 e. The molecule has 0 amide bonds. The lowest BCUT2D eigenvalue weighted by molar-refractivity contribution is -0.137. The minimum Gasteiger partial charge on any atom is -0.296 e. The van der Waals surface area contributed by atoms with Crippen LogP contribution in [0.2, 0.25) is 0 Å². The molecule has 0 aliphatic carbocycles. The van der Waals surface area contributed by atoms with Gasteiger partial charge in [-0.15, -0.1) is 0 Å². The standard InChI is InChI=1S/C10H8F3N3S/c1-6-4-9(17)16(15-6)8-3-2-7(5-14-8)10(11,12)13/h2-5,15H,1H3. The van der Waals surface area contributed by atoms with Crippen molar-refractivity contribution in [1.29, 1.82) is 0 Å². The molecule has 17 heavy (non-hydrogen) atoms. The fraction of sp³-hybridized carbons (Fsp3) is 0.200. The third-order valence-electron chi connectivity index (χ3n) is 2.15. The molecule has 0 bridgehead atoms. The van der Waals surface area contributed by atoms with Crippen LogP contribution in [0.15, 0.2) is 24.4 Å². The Morgan fingerprint density at radius 1 is 1.35 bits per heavy atom. The van der Waals surface area contributed by atoms with Gasteiger partial charge in [-0.1, -0.05) is 12.2 Å². The lowest BCUT2D eigenvalue weighted by atomic mass is 10.3. The number of hydrogen-bond acceptors (Lipinski definition) is 2. The first-order chi connectivity index (χ1) is 7.88. The van der Waals surface area contributed by atoms with Crippen molar-refractivity contribution < 1.29 is 13.2 Å². The summed E-state index contributed by atoms with van der Waals surface area (Å²) in [7, 11) is 0. The Balaban J connectivity index is 2.43. The molecular formula is C10H8F3N3S. The summed E-state index contributed by atoms with van der Waals surface area (Å²) in [5.41, 5.74) is 0.0349. The van der Waals surface area contributed by atoms with E-state index in [2.05, 4.69) is 10.1 Å². The van der Waals surface area contributed by atoms with E-state index >= 15 is 0 Å². The second-order valence-corrected chi connectivity index (χ2v) is 3.93. The zero-order chi connectivity index (χ0) is 12.6. The monoisotopic (exact) mass is 259 g/mol. The number of nitrogens with one attached hydrogen (secondary N) is 1. The summed E-state index contributed by atoms with van der Waals surface area (Å²) < 4.78 is 38.9. The first-order valence-corrected chi connectivity index (χ1v) is 5.11. The fourth-order valence-electron chi connectivity index (χ4n) is 1.37. The lowest BCUT2D eigenvalue weighted by Gasteiger charge is -2.07. The van der Waals surface area contributed by atoms with Crippen molar-refractivity contribution in [3.8, 4) is 5.82 Å². The number of aryl methyl sites for hydroxylation is 1. The molecule has 0 spiro atoms. The first kappa shape index (κ1) is 11.8. The van der Waals surface area contributed by atoms with Gasteiger partial charge in [-0.05, 0) is 25.1 Å². The highest BCUT2D eigenvalue weighted by atomic mass is 32.1. The Morgan fingerprint density at radius 3 is 2.47 bits per heavy atom. The van der Waals surface area contributed by atoms with Gasteiger partial charge in [-0.3, -0.25) is 5.10 Å². The van der Waals surface area contributed by atoms with E-state index in [4.69, 9.17) is 12.2 Å². The minimum absolute atomic E-state index is 0.330. The molecule has 0 atom stereocenters. The maximum absolute atomic E-state index is 12.3. The van der Waals surface area contributed by atoms with E-state index in [1.807, 2.05) is 0 Å². The lowest BCUT2D eigenvalue weighted by Crippen LogP contribution is -2.07. The van der Waals surface area contributed by atoms with Crippen molar-refractivity contribution in [1.82, 2.24) is 14.8 Å². The molecule has 7 heteroatoms. The molecule has 0 saturated heterocycles. The summed E-state index contributed by atoms with van der Waals surface area (Å²) in [6.45, 7) is 1.80. The Bertz CT molecular complexity index is 580. The predicted molar refractivity (Wildman–Crippen MR) is 58.5 cm³/mol. The van der Waals surface area contributed by atoms with E-state index in [1.165, 1.54) is 10.7 Å². The van der Waals surface area contributed by atoms with Crippen molar-refractivity contribution in [2.75, 3.05) is 0 Å². The third kappa shape index (κ3) is 2.38. The van der Waals surface area contributed by atoms with Crippen LogP contribution in [-0.4, -0.2) is 14.8 Å². The Morgan fingerprint density at radius 2 is 2.06 bits per heavy atom. The van der Waals surface area contributed by atoms with E-state index in [0.29, 0.717) is 10.5 Å². The molecule has 2 aromatic heterocycles. The summed E-state index contributed by atoms with van der Waals surface area (Å²) in [6, 6.07) is 3.95. The van der Waals surface area contributed by atoms with Crippen LogP contribution in [-0.2, 0) is 6.18 Å². The quantitative estimate of drug-likeness (QED) is 0.797. The van der Waals surface area contributed by atoms with Crippen LogP contribution >= 0.6 is 12.2 Å². The first-order valence-electron chi connectivity index (χ1n) is 4.70. The molecule has 0 aromatic carbocycles. The molecule has 0 aliphatic rings. The average molecular weight is 259 g/mol. The number of aromatic amines is 1. The van der Waals surface area contributed by atoms with Gasteiger partial charge in [0.2, 0.25) is 0 Å². The van der Waals surface area contributed by atoms with Crippen LogP contribution in [0.1, 0.15) is 11.3 Å². The molecule has 0 saturated carbocycles. The number of aromatic nitrogens is 3. The van der Waals surface area contributed by atoms with Gasteiger partial charge in [0.05, 0.1) is 5.56 Å². The minimum atomic E-state index is -4.38. The zero-order valence-electron chi connectivity index (χ0n) is 8.75. The van der Waals surface area contributed by atoms with Gasteiger partial charge in [0.25, 0.3) is 0 Å². The Kier molecular flexibility index (Phi) is 2.78. The molecular weight excluding hydrogens is 251 g/mol. The number of alkyl halides is 3. The number of pyridine rings is 1. The Labute approximate surface area is 99.9 Å². The van der Waals surface area contributed by atoms with Crippen molar-refractivity contribution in [2.24, 2.45) is 0 Å². The maximum atomic E-state index is 12.3. The highest BCUT2D eigenvalue weighted by molar-refractivity contribution is 7.71. The van der Waals surface area contributed by atoms with Crippen LogP contribution < -0.4 is 0 Å². The van der Waals surface area contributed by atoms with E-state index in [1.54, 1.807) is 13.0 Å². The van der Waals surface area contributed by atoms with Crippen molar-refractivity contribution in [3.63, 3.8) is 0 Å². The summed E-state index contributed by atoms with van der Waals surface area (Å²) in [5.74, 6) is 0.330. The molecule has 0 unspecified atom stereocenters. The maximum Gasteiger partial charge on any atom is 0.417 e. The highest BCUT2D eigenvalue weighted by Crippen LogP contribution is 2.28. The highest BCUT2D eigenvalue weighted by Gasteiger charge is 2.30. The number of halogens is 3. The molecule has 0 radical (unpaired) electrons. The molecule has 0 fully saturated rings. The zero-order valence-corrected chi connectivity index (χ0v) is 9.56. The topological polar surface area (TPSA) is 33.6 Å². The van der Waals surface area contributed by atoms with Crippen molar-refractivity contribution >= 4 is 12.2 Å². The van der Waals surface area contributed by atoms with Crippen molar-refractivity contribution in [2.45, 2.75) is 13.1 Å². The van der Waals surface area contributed by atoms with Gasteiger partial charge < -0.3 is 0 Å². The average Bonchev–Trinajstić information content (AvgIpc) is 2.57. The largest absolute Gasteiger partial charge is 0.417 e. The number of hydrogen-bond donors (Lipinski definition) is 1. The van der Waals surface area contributed by atoms with E-state index in [-0.39, 0.29) is 0 Å². The normalized spacial score (nSPS) is 11.8. The van der Waals surface area contributed by atoms with Gasteiger partial charge in [0.15, 0.2) is 5.82 Å². The molecule has 2 rings (SSSR count). The van der Waals surface area contributed by atoms with Gasteiger partial charge in [-0.25, -0.2) is 9.67 Å². The van der Waals surface area contributed by atoms with E-state index < -0.39 is 11.7 Å². The van der Waals surface area contributed by atoms with Crippen LogP contribution in [0, 0.1) is 11.6 Å². The summed E-state index contributed by atoms with van der Waals surface area (Å²) in [5, 5.41) is 2.89. The number of nitrogens with zero attached hydrogens (tertiary/aromatic N) is 2. The van der Waals surface area contributed by atoms with E-state index in [0.717, 1.165) is 18.0 Å². The molecule has 90 valence electrons. The molecule has 2 heterocycles. The number of rotatable bonds is 1. The van der Waals surface area contributed by atoms with Gasteiger partial charge >= 0.3 is 6.18 Å². The fourth-order valence-corrected chi connectivity index (χ4v) is 1.69. The molecule has 0 aliphatic heterocycles. The molecule has 2 aromatic rings. The van der Waals surface area contributed by atoms with Crippen LogP contribution in [0.4, 0.5) is 13.2 Å². The Hall–Kier alpha value is -1.63. The third-order valence-corrected chi connectivity index (χ3v) is 2.45. The second kappa shape index (κ2) is 3.99. The number of H-pyrrole nitrogens is 1. The van der Waals surface area contributed by atoms with Crippen LogP contribution in [0.25, 0.3) is 5.82 Å².